The van der Waals surface area contributed by atoms with E-state index >= 15 is 0 Å². The van der Waals surface area contributed by atoms with Crippen LogP contribution in [0.2, 0.25) is 0 Å². The molecule has 0 saturated carbocycles. The number of unbranched alkanes of at least 4 members (excludes halogenated alkanes) is 1. The average Bonchev–Trinajstić information content (AvgIpc) is 1.37. The van der Waals surface area contributed by atoms with Crippen molar-refractivity contribution in [3.05, 3.63) is 21.8 Å². The third kappa shape index (κ3) is 57.7. The molecule has 0 rings (SSSR count). The first-order valence-electron chi connectivity index (χ1n) is 1.71. The topological polar surface area (TPSA) is 0 Å². The van der Waals surface area contributed by atoms with Gasteiger partial charge in [-0.25, -0.2) is 0 Å². The summed E-state index contributed by atoms with van der Waals surface area (Å²) in [6, 6.07) is 0. The van der Waals surface area contributed by atoms with Gasteiger partial charge in [0.15, 0.2) is 0 Å². The predicted molar refractivity (Wildman–Crippen MR) is 33.1 cm³/mol. The van der Waals surface area contributed by atoms with Crippen LogP contribution < -0.4 is 0 Å². The van der Waals surface area contributed by atoms with Crippen LogP contribution in [0, 0.1) is 21.8 Å². The van der Waals surface area contributed by atoms with Gasteiger partial charge >= 0.3 is 17.1 Å². The van der Waals surface area contributed by atoms with Gasteiger partial charge in [0.05, 0.1) is 0 Å². The molecule has 0 aromatic heterocycles. The Labute approximate surface area is 59.2 Å². The van der Waals surface area contributed by atoms with Gasteiger partial charge in [0.2, 0.25) is 0 Å². The maximum atomic E-state index is 3.60. The number of rotatable bonds is 1. The van der Waals surface area contributed by atoms with Crippen molar-refractivity contribution in [1.29, 1.82) is 0 Å². The zero-order chi connectivity index (χ0) is 3.41. The van der Waals surface area contributed by atoms with Crippen LogP contribution in [0.5, 0.6) is 0 Å². The molecule has 1 heteroatoms. The summed E-state index contributed by atoms with van der Waals surface area (Å²) in [6.45, 7) is 5.72. The summed E-state index contributed by atoms with van der Waals surface area (Å²) in [5.41, 5.74) is 0. The first-order valence-corrected chi connectivity index (χ1v) is 1.71. The van der Waals surface area contributed by atoms with Crippen molar-refractivity contribution in [2.75, 3.05) is 0 Å². The molecule has 47 valence electrons. The fraction of sp³-hybridized carbons (Fsp3) is 0.500. The molecule has 0 unspecified atom stereocenters. The third-order valence-corrected chi connectivity index (χ3v) is 0.354. The summed E-state index contributed by atoms with van der Waals surface area (Å²) in [6.07, 6.45) is 2.28. The number of hydrogen-bond donors (Lipinski definition) is 0. The van der Waals surface area contributed by atoms with Crippen LogP contribution in [0.25, 0.3) is 0 Å². The second kappa shape index (κ2) is 31.3. The van der Waals surface area contributed by atoms with E-state index in [1.807, 2.05) is 0 Å². The van der Waals surface area contributed by atoms with E-state index in [4.69, 9.17) is 0 Å². The van der Waals surface area contributed by atoms with Crippen LogP contribution in [0.4, 0.5) is 0 Å². The summed E-state index contributed by atoms with van der Waals surface area (Å²) in [5.74, 6) is 0. The largest absolute Gasteiger partial charge is 3.00 e. The molecule has 0 aliphatic heterocycles. The molecular weight excluding hydrogens is 128 g/mol. The maximum absolute atomic E-state index is 3.60. The fourth-order valence-corrected chi connectivity index (χ4v) is 0. The van der Waals surface area contributed by atoms with Crippen LogP contribution in [-0.2, 0) is 17.1 Å². The molecular formula is C6H15Fe. The van der Waals surface area contributed by atoms with Crippen LogP contribution in [-0.4, -0.2) is 0 Å². The van der Waals surface area contributed by atoms with Crippen molar-refractivity contribution in [3.8, 4) is 0 Å². The standard InChI is InChI=1S/C4H9.2CH3.Fe/c1-3-4-2;;;/h1,3-4H2,2H3;2*1H3;/q3*-1;+3. The van der Waals surface area contributed by atoms with Gasteiger partial charge in [-0.1, -0.05) is 13.3 Å². The summed E-state index contributed by atoms with van der Waals surface area (Å²) in [4.78, 5) is 0. The van der Waals surface area contributed by atoms with Crippen LogP contribution in [0.15, 0.2) is 0 Å². The second-order valence-electron chi connectivity index (χ2n) is 0.854. The predicted octanol–water partition coefficient (Wildman–Crippen LogP) is 2.52. The third-order valence-electron chi connectivity index (χ3n) is 0.354. The van der Waals surface area contributed by atoms with Crippen molar-refractivity contribution in [2.24, 2.45) is 0 Å². The van der Waals surface area contributed by atoms with Crippen LogP contribution in [0.1, 0.15) is 19.8 Å². The van der Waals surface area contributed by atoms with Crippen molar-refractivity contribution in [2.45, 2.75) is 19.8 Å². The van der Waals surface area contributed by atoms with Gasteiger partial charge in [-0.2, -0.15) is 6.42 Å². The van der Waals surface area contributed by atoms with Crippen molar-refractivity contribution in [1.82, 2.24) is 0 Å². The molecule has 0 N–H and O–H groups in total. The molecule has 0 heterocycles. The Balaban J connectivity index is -0.0000000150. The van der Waals surface area contributed by atoms with E-state index in [1.54, 1.807) is 0 Å². The zero-order valence-corrected chi connectivity index (χ0v) is 6.58. The van der Waals surface area contributed by atoms with Crippen molar-refractivity contribution >= 4 is 0 Å². The molecule has 0 saturated heterocycles. The van der Waals surface area contributed by atoms with E-state index in [2.05, 4.69) is 13.8 Å². The molecule has 0 aliphatic rings. The maximum Gasteiger partial charge on any atom is 3.00 e. The van der Waals surface area contributed by atoms with Crippen LogP contribution >= 0.6 is 0 Å². The van der Waals surface area contributed by atoms with Gasteiger partial charge in [-0.05, 0) is 0 Å². The Morgan fingerprint density at radius 2 is 1.43 bits per heavy atom. The minimum absolute atomic E-state index is 0. The molecule has 7 heavy (non-hydrogen) atoms. The Bertz CT molecular complexity index is 6.14. The minimum atomic E-state index is 0. The van der Waals surface area contributed by atoms with Gasteiger partial charge in [0.25, 0.3) is 0 Å². The van der Waals surface area contributed by atoms with E-state index in [1.165, 1.54) is 6.42 Å². The molecule has 0 atom stereocenters. The van der Waals surface area contributed by atoms with Crippen molar-refractivity contribution in [3.63, 3.8) is 0 Å². The normalized spacial score (nSPS) is 4.29. The minimum Gasteiger partial charge on any atom is -0.358 e. The van der Waals surface area contributed by atoms with Gasteiger partial charge < -0.3 is 21.8 Å². The van der Waals surface area contributed by atoms with Crippen molar-refractivity contribution < 1.29 is 17.1 Å². The SMILES string of the molecule is [CH2-]CCC.[CH3-].[CH3-].[Fe+3]. The average molecular weight is 143 g/mol. The summed E-state index contributed by atoms with van der Waals surface area (Å²) < 4.78 is 0. The Hall–Kier alpha value is 0.519. The molecule has 0 spiro atoms. The molecule has 0 bridgehead atoms. The Morgan fingerprint density at radius 1 is 1.29 bits per heavy atom. The molecule has 0 nitrogen and oxygen atoms in total. The van der Waals surface area contributed by atoms with E-state index < -0.39 is 0 Å². The molecule has 0 aromatic carbocycles. The Morgan fingerprint density at radius 3 is 1.43 bits per heavy atom. The number of hydrogen-bond acceptors (Lipinski definition) is 0. The zero-order valence-electron chi connectivity index (χ0n) is 5.47. The second-order valence-corrected chi connectivity index (χ2v) is 0.854. The van der Waals surface area contributed by atoms with Gasteiger partial charge in [0, 0.05) is 0 Å². The summed E-state index contributed by atoms with van der Waals surface area (Å²) >= 11 is 0. The van der Waals surface area contributed by atoms with E-state index in [-0.39, 0.29) is 31.9 Å². The first kappa shape index (κ1) is 25.8. The summed E-state index contributed by atoms with van der Waals surface area (Å²) in [7, 11) is 0. The molecule has 0 aromatic rings. The molecule has 1 radical (unpaired) electrons. The first-order chi connectivity index (χ1) is 1.91. The van der Waals surface area contributed by atoms with E-state index in [0.717, 1.165) is 6.42 Å². The molecule has 0 amide bonds. The Kier molecular flexibility index (Phi) is 115. The quantitative estimate of drug-likeness (QED) is 0.390. The molecule has 0 aliphatic carbocycles. The van der Waals surface area contributed by atoms with E-state index in [0.29, 0.717) is 0 Å². The summed E-state index contributed by atoms with van der Waals surface area (Å²) in [5, 5.41) is 0. The fourth-order valence-electron chi connectivity index (χ4n) is 0. The van der Waals surface area contributed by atoms with E-state index in [9.17, 15) is 0 Å². The monoisotopic (exact) mass is 143 g/mol. The van der Waals surface area contributed by atoms with Gasteiger partial charge in [0.1, 0.15) is 0 Å². The smallest absolute Gasteiger partial charge is 0.358 e. The molecule has 0 fully saturated rings. The van der Waals surface area contributed by atoms with Gasteiger partial charge in [-0.3, -0.25) is 0 Å². The van der Waals surface area contributed by atoms with Crippen LogP contribution in [0.3, 0.4) is 0 Å². The van der Waals surface area contributed by atoms with Gasteiger partial charge in [-0.15, -0.1) is 0 Å².